The summed E-state index contributed by atoms with van der Waals surface area (Å²) in [5.41, 5.74) is 8.36. The molecule has 1 aromatic carbocycles. The molecule has 0 bridgehead atoms. The molecule has 110 valence electrons. The van der Waals surface area contributed by atoms with Crippen molar-refractivity contribution < 1.29 is 4.74 Å². The quantitative estimate of drug-likeness (QED) is 0.827. The van der Waals surface area contributed by atoms with E-state index in [4.69, 9.17) is 34.3 Å². The average Bonchev–Trinajstić information content (AvgIpc) is 2.45. The molecule has 0 atom stereocenters. The van der Waals surface area contributed by atoms with E-state index in [1.54, 1.807) is 13.3 Å². The van der Waals surface area contributed by atoms with Crippen LogP contribution >= 0.6 is 23.8 Å². The Labute approximate surface area is 134 Å². The standard InChI is InChI=1S/C15H16ClN3OS/c1-9-6-7-18-15(13(9)14(17)21)19-8-10-11(16)4-3-5-12(10)20-2/h3-7H,8H2,1-2H3,(H2,17,21)(H,18,19). The van der Waals surface area contributed by atoms with E-state index < -0.39 is 0 Å². The Kier molecular flexibility index (Phi) is 4.98. The molecule has 0 saturated heterocycles. The van der Waals surface area contributed by atoms with Crippen LogP contribution in [0.4, 0.5) is 5.82 Å². The van der Waals surface area contributed by atoms with Gasteiger partial charge in [-0.25, -0.2) is 4.98 Å². The van der Waals surface area contributed by atoms with Crippen molar-refractivity contribution in [2.75, 3.05) is 12.4 Å². The summed E-state index contributed by atoms with van der Waals surface area (Å²) in [5, 5.41) is 3.86. The van der Waals surface area contributed by atoms with Gasteiger partial charge in [0.25, 0.3) is 0 Å². The zero-order valence-electron chi connectivity index (χ0n) is 11.8. The maximum Gasteiger partial charge on any atom is 0.136 e. The van der Waals surface area contributed by atoms with Gasteiger partial charge in [-0.15, -0.1) is 0 Å². The normalized spacial score (nSPS) is 10.2. The summed E-state index contributed by atoms with van der Waals surface area (Å²) in [6, 6.07) is 7.39. The van der Waals surface area contributed by atoms with Crippen LogP contribution in [0.25, 0.3) is 0 Å². The fraction of sp³-hybridized carbons (Fsp3) is 0.200. The summed E-state index contributed by atoms with van der Waals surface area (Å²) in [7, 11) is 1.61. The minimum absolute atomic E-state index is 0.314. The molecule has 0 unspecified atom stereocenters. The Morgan fingerprint density at radius 3 is 2.86 bits per heavy atom. The number of methoxy groups -OCH3 is 1. The van der Waals surface area contributed by atoms with E-state index in [1.165, 1.54) is 0 Å². The third-order valence-corrected chi connectivity index (χ3v) is 3.69. The Balaban J connectivity index is 2.29. The van der Waals surface area contributed by atoms with Gasteiger partial charge in [0.2, 0.25) is 0 Å². The molecule has 2 aromatic rings. The number of pyridine rings is 1. The number of nitrogens with two attached hydrogens (primary N) is 1. The van der Waals surface area contributed by atoms with E-state index in [-0.39, 0.29) is 0 Å². The Hall–Kier alpha value is -1.85. The lowest BCUT2D eigenvalue weighted by atomic mass is 10.1. The molecule has 0 spiro atoms. The number of benzene rings is 1. The van der Waals surface area contributed by atoms with E-state index in [0.717, 1.165) is 22.4 Å². The maximum atomic E-state index is 6.22. The van der Waals surface area contributed by atoms with Crippen LogP contribution in [-0.4, -0.2) is 17.1 Å². The van der Waals surface area contributed by atoms with Gasteiger partial charge >= 0.3 is 0 Å². The van der Waals surface area contributed by atoms with Crippen LogP contribution in [0.1, 0.15) is 16.7 Å². The van der Waals surface area contributed by atoms with E-state index in [9.17, 15) is 0 Å². The summed E-state index contributed by atoms with van der Waals surface area (Å²) in [6.07, 6.45) is 1.71. The number of hydrogen-bond acceptors (Lipinski definition) is 4. The van der Waals surface area contributed by atoms with E-state index in [1.807, 2.05) is 31.2 Å². The van der Waals surface area contributed by atoms with Crippen molar-refractivity contribution in [3.05, 3.63) is 52.2 Å². The molecule has 4 nitrogen and oxygen atoms in total. The Morgan fingerprint density at radius 2 is 2.19 bits per heavy atom. The van der Waals surface area contributed by atoms with Gasteiger partial charge in [-0.1, -0.05) is 29.9 Å². The third kappa shape index (κ3) is 3.43. The predicted molar refractivity (Wildman–Crippen MR) is 90.2 cm³/mol. The highest BCUT2D eigenvalue weighted by Gasteiger charge is 2.12. The number of thiocarbonyl (C=S) groups is 1. The van der Waals surface area contributed by atoms with Crippen LogP contribution < -0.4 is 15.8 Å². The first-order chi connectivity index (χ1) is 10.0. The second kappa shape index (κ2) is 6.74. The molecule has 21 heavy (non-hydrogen) atoms. The molecule has 0 radical (unpaired) electrons. The van der Waals surface area contributed by atoms with Gasteiger partial charge < -0.3 is 15.8 Å². The van der Waals surface area contributed by atoms with Crippen LogP contribution in [0.3, 0.4) is 0 Å². The molecule has 1 heterocycles. The number of aryl methyl sites for hydroxylation is 1. The lowest BCUT2D eigenvalue weighted by Gasteiger charge is -2.14. The van der Waals surface area contributed by atoms with Gasteiger partial charge in [-0.05, 0) is 30.7 Å². The maximum absolute atomic E-state index is 6.22. The number of anilines is 1. The Bertz CT molecular complexity index is 676. The summed E-state index contributed by atoms with van der Waals surface area (Å²) in [4.78, 5) is 4.61. The summed E-state index contributed by atoms with van der Waals surface area (Å²) < 4.78 is 5.32. The van der Waals surface area contributed by atoms with Crippen molar-refractivity contribution in [1.29, 1.82) is 0 Å². The van der Waals surface area contributed by atoms with Crippen molar-refractivity contribution in [3.63, 3.8) is 0 Å². The number of nitrogens with zero attached hydrogens (tertiary/aromatic N) is 1. The lowest BCUT2D eigenvalue weighted by Crippen LogP contribution is -2.16. The molecule has 0 aliphatic rings. The topological polar surface area (TPSA) is 60.2 Å². The number of nitrogens with one attached hydrogen (secondary N) is 1. The highest BCUT2D eigenvalue weighted by atomic mass is 35.5. The van der Waals surface area contributed by atoms with Gasteiger partial charge in [-0.3, -0.25) is 0 Å². The number of hydrogen-bond donors (Lipinski definition) is 2. The fourth-order valence-electron chi connectivity index (χ4n) is 2.08. The summed E-state index contributed by atoms with van der Waals surface area (Å²) in [5.74, 6) is 1.36. The molecular formula is C15H16ClN3OS. The molecule has 0 amide bonds. The first-order valence-corrected chi connectivity index (χ1v) is 7.14. The van der Waals surface area contributed by atoms with Crippen LogP contribution in [-0.2, 0) is 6.54 Å². The molecule has 0 aliphatic carbocycles. The highest BCUT2D eigenvalue weighted by molar-refractivity contribution is 7.80. The first-order valence-electron chi connectivity index (χ1n) is 6.35. The molecule has 3 N–H and O–H groups in total. The van der Waals surface area contributed by atoms with Crippen molar-refractivity contribution in [2.24, 2.45) is 5.73 Å². The molecule has 1 aromatic heterocycles. The summed E-state index contributed by atoms with van der Waals surface area (Å²) in [6.45, 7) is 2.41. The average molecular weight is 322 g/mol. The molecular weight excluding hydrogens is 306 g/mol. The molecule has 2 rings (SSSR count). The second-order valence-electron chi connectivity index (χ2n) is 4.49. The van der Waals surface area contributed by atoms with E-state index in [0.29, 0.717) is 22.4 Å². The van der Waals surface area contributed by atoms with Crippen molar-refractivity contribution in [1.82, 2.24) is 4.98 Å². The number of ether oxygens (including phenoxy) is 1. The summed E-state index contributed by atoms with van der Waals surface area (Å²) >= 11 is 11.3. The second-order valence-corrected chi connectivity index (χ2v) is 5.34. The van der Waals surface area contributed by atoms with Crippen molar-refractivity contribution in [2.45, 2.75) is 13.5 Å². The van der Waals surface area contributed by atoms with Gasteiger partial charge in [0.15, 0.2) is 0 Å². The molecule has 0 saturated carbocycles. The third-order valence-electron chi connectivity index (χ3n) is 3.13. The van der Waals surface area contributed by atoms with Gasteiger partial charge in [-0.2, -0.15) is 0 Å². The highest BCUT2D eigenvalue weighted by Crippen LogP contribution is 2.27. The van der Waals surface area contributed by atoms with Gasteiger partial charge in [0.05, 0.1) is 12.7 Å². The van der Waals surface area contributed by atoms with E-state index in [2.05, 4.69) is 10.3 Å². The zero-order valence-corrected chi connectivity index (χ0v) is 13.4. The Morgan fingerprint density at radius 1 is 1.43 bits per heavy atom. The minimum atomic E-state index is 0.314. The van der Waals surface area contributed by atoms with Crippen LogP contribution in [0.2, 0.25) is 5.02 Å². The number of aromatic nitrogens is 1. The number of halogens is 1. The number of rotatable bonds is 5. The van der Waals surface area contributed by atoms with Crippen molar-refractivity contribution in [3.8, 4) is 5.75 Å². The predicted octanol–water partition coefficient (Wildman–Crippen LogP) is 3.30. The molecule has 6 heteroatoms. The van der Waals surface area contributed by atoms with Gasteiger partial charge in [0, 0.05) is 23.3 Å². The lowest BCUT2D eigenvalue weighted by molar-refractivity contribution is 0.410. The SMILES string of the molecule is COc1cccc(Cl)c1CNc1nccc(C)c1C(N)=S. The van der Waals surface area contributed by atoms with Crippen LogP contribution in [0, 0.1) is 6.92 Å². The smallest absolute Gasteiger partial charge is 0.136 e. The van der Waals surface area contributed by atoms with Crippen LogP contribution in [0.15, 0.2) is 30.5 Å². The fourth-order valence-corrected chi connectivity index (χ4v) is 2.57. The van der Waals surface area contributed by atoms with Gasteiger partial charge in [0.1, 0.15) is 16.6 Å². The molecule has 0 aliphatic heterocycles. The largest absolute Gasteiger partial charge is 0.496 e. The minimum Gasteiger partial charge on any atom is -0.496 e. The molecule has 0 fully saturated rings. The first kappa shape index (κ1) is 15.5. The van der Waals surface area contributed by atoms with E-state index >= 15 is 0 Å². The van der Waals surface area contributed by atoms with Crippen molar-refractivity contribution >= 4 is 34.6 Å². The zero-order chi connectivity index (χ0) is 15.4. The van der Waals surface area contributed by atoms with Crippen LogP contribution in [0.5, 0.6) is 5.75 Å². The monoisotopic (exact) mass is 321 g/mol.